The molecule has 0 unspecified atom stereocenters. The number of halogens is 3. The van der Waals surface area contributed by atoms with Gasteiger partial charge in [-0.15, -0.1) is 11.3 Å². The van der Waals surface area contributed by atoms with Crippen molar-refractivity contribution in [1.82, 2.24) is 20.9 Å². The normalized spacial score (nSPS) is 12.1. The van der Waals surface area contributed by atoms with Gasteiger partial charge in [-0.25, -0.2) is 9.98 Å². The highest BCUT2D eigenvalue weighted by molar-refractivity contribution is 7.09. The molecule has 1 heterocycles. The topological polar surface area (TPSA) is 87.6 Å². The highest BCUT2D eigenvalue weighted by atomic mass is 32.1. The number of nitrogens with zero attached hydrogens (tertiary/aromatic N) is 2. The van der Waals surface area contributed by atoms with Crippen LogP contribution in [-0.4, -0.2) is 56.7 Å². The zero-order valence-corrected chi connectivity index (χ0v) is 14.9. The second-order valence-corrected chi connectivity index (χ2v) is 5.78. The minimum absolute atomic E-state index is 0.0610. The smallest absolute Gasteiger partial charge is 0.383 e. The van der Waals surface area contributed by atoms with Gasteiger partial charge < -0.3 is 20.7 Å². The number of aromatic nitrogens is 1. The molecule has 0 spiro atoms. The maximum atomic E-state index is 12.5. The molecule has 0 saturated heterocycles. The number of thiazole rings is 1. The molecular formula is C14H22F3N5O2S. The average molecular weight is 381 g/mol. The fourth-order valence-corrected chi connectivity index (χ4v) is 2.49. The van der Waals surface area contributed by atoms with Crippen LogP contribution in [0, 0.1) is 0 Å². The van der Waals surface area contributed by atoms with E-state index in [9.17, 15) is 18.0 Å². The fraction of sp³-hybridized carbons (Fsp3) is 0.643. The molecule has 0 radical (unpaired) electrons. The van der Waals surface area contributed by atoms with Crippen LogP contribution in [0.4, 0.5) is 13.2 Å². The van der Waals surface area contributed by atoms with Gasteiger partial charge in [0.15, 0.2) is 11.7 Å². The van der Waals surface area contributed by atoms with Crippen molar-refractivity contribution in [3.63, 3.8) is 0 Å². The summed E-state index contributed by atoms with van der Waals surface area (Å²) in [5, 5.41) is 9.94. The predicted molar refractivity (Wildman–Crippen MR) is 89.7 cm³/mol. The Kier molecular flexibility index (Phi) is 9.21. The number of hydrogen-bond acceptors (Lipinski definition) is 5. The Morgan fingerprint density at radius 1 is 1.32 bits per heavy atom. The summed E-state index contributed by atoms with van der Waals surface area (Å²) in [5.41, 5.74) is -0.874. The van der Waals surface area contributed by atoms with Crippen LogP contribution in [0.2, 0.25) is 0 Å². The summed E-state index contributed by atoms with van der Waals surface area (Å²) in [4.78, 5) is 19.2. The molecule has 0 aromatic carbocycles. The lowest BCUT2D eigenvalue weighted by molar-refractivity contribution is -0.140. The lowest BCUT2D eigenvalue weighted by atomic mass is 10.4. The molecule has 142 valence electrons. The number of rotatable bonds is 9. The Morgan fingerprint density at radius 3 is 2.68 bits per heavy atom. The Labute approximate surface area is 148 Å². The summed E-state index contributed by atoms with van der Waals surface area (Å²) >= 11 is 0.964. The molecule has 1 aromatic rings. The van der Waals surface area contributed by atoms with Crippen molar-refractivity contribution in [2.75, 3.05) is 39.9 Å². The van der Waals surface area contributed by atoms with Crippen LogP contribution in [0.15, 0.2) is 10.4 Å². The van der Waals surface area contributed by atoms with Crippen molar-refractivity contribution in [2.24, 2.45) is 4.99 Å². The van der Waals surface area contributed by atoms with E-state index in [1.165, 1.54) is 7.11 Å². The zero-order valence-electron chi connectivity index (χ0n) is 14.1. The summed E-state index contributed by atoms with van der Waals surface area (Å²) in [6.45, 7) is 3.57. The number of amides is 1. The number of methoxy groups -OCH3 is 1. The van der Waals surface area contributed by atoms with Crippen LogP contribution in [0.3, 0.4) is 0 Å². The first kappa shape index (κ1) is 21.2. The lowest BCUT2D eigenvalue weighted by Crippen LogP contribution is -2.39. The summed E-state index contributed by atoms with van der Waals surface area (Å²) in [7, 11) is 1.54. The Hall–Kier alpha value is -1.88. The first-order valence-corrected chi connectivity index (χ1v) is 8.54. The van der Waals surface area contributed by atoms with Crippen molar-refractivity contribution in [3.8, 4) is 0 Å². The van der Waals surface area contributed by atoms with Gasteiger partial charge in [-0.05, 0) is 6.92 Å². The number of aliphatic imine (C=N–C) groups is 1. The van der Waals surface area contributed by atoms with E-state index in [4.69, 9.17) is 4.74 Å². The van der Waals surface area contributed by atoms with Gasteiger partial charge in [-0.1, -0.05) is 0 Å². The summed E-state index contributed by atoms with van der Waals surface area (Å²) in [5.74, 6) is 0.168. The Balaban J connectivity index is 2.43. The van der Waals surface area contributed by atoms with Gasteiger partial charge >= 0.3 is 6.18 Å². The molecule has 0 bridgehead atoms. The van der Waals surface area contributed by atoms with Crippen LogP contribution in [-0.2, 0) is 22.1 Å². The van der Waals surface area contributed by atoms with E-state index >= 15 is 0 Å². The quantitative estimate of drug-likeness (QED) is 0.338. The van der Waals surface area contributed by atoms with Gasteiger partial charge in [0, 0.05) is 38.5 Å². The fourth-order valence-electron chi connectivity index (χ4n) is 1.68. The number of hydrogen-bond donors (Lipinski definition) is 3. The van der Waals surface area contributed by atoms with Gasteiger partial charge in [0.05, 0.1) is 11.6 Å². The van der Waals surface area contributed by atoms with Gasteiger partial charge in [-0.3, -0.25) is 4.79 Å². The van der Waals surface area contributed by atoms with E-state index in [1.807, 2.05) is 6.92 Å². The molecule has 3 N–H and O–H groups in total. The van der Waals surface area contributed by atoms with E-state index in [1.54, 1.807) is 0 Å². The summed E-state index contributed by atoms with van der Waals surface area (Å²) < 4.78 is 42.3. The first-order valence-electron chi connectivity index (χ1n) is 7.66. The van der Waals surface area contributed by atoms with E-state index in [0.717, 1.165) is 16.7 Å². The molecule has 0 aliphatic heterocycles. The molecule has 0 atom stereocenters. The van der Waals surface area contributed by atoms with E-state index in [2.05, 4.69) is 25.9 Å². The van der Waals surface area contributed by atoms with Gasteiger partial charge in [0.1, 0.15) is 6.54 Å². The highest BCUT2D eigenvalue weighted by Crippen LogP contribution is 2.29. The van der Waals surface area contributed by atoms with Crippen molar-refractivity contribution in [1.29, 1.82) is 0 Å². The van der Waals surface area contributed by atoms with Crippen molar-refractivity contribution in [3.05, 3.63) is 16.1 Å². The van der Waals surface area contributed by atoms with Crippen molar-refractivity contribution in [2.45, 2.75) is 19.5 Å². The third-order valence-electron chi connectivity index (χ3n) is 2.83. The number of alkyl halides is 3. The van der Waals surface area contributed by atoms with Crippen LogP contribution >= 0.6 is 11.3 Å². The maximum absolute atomic E-state index is 12.5. The molecule has 0 saturated carbocycles. The van der Waals surface area contributed by atoms with E-state index in [-0.39, 0.29) is 12.5 Å². The summed E-state index contributed by atoms with van der Waals surface area (Å²) in [6, 6.07) is 0. The minimum Gasteiger partial charge on any atom is -0.383 e. The monoisotopic (exact) mass is 381 g/mol. The van der Waals surface area contributed by atoms with Crippen molar-refractivity contribution >= 4 is 23.2 Å². The second kappa shape index (κ2) is 10.9. The molecule has 0 fully saturated rings. The molecular weight excluding hydrogens is 359 g/mol. The molecule has 1 rings (SSSR count). The number of nitrogens with one attached hydrogen (secondary N) is 3. The Morgan fingerprint density at radius 2 is 2.08 bits per heavy atom. The number of carbonyl (C=O) groups is 1. The minimum atomic E-state index is -4.42. The lowest BCUT2D eigenvalue weighted by Gasteiger charge is -2.10. The van der Waals surface area contributed by atoms with Crippen LogP contribution < -0.4 is 16.0 Å². The molecule has 11 heteroatoms. The zero-order chi connectivity index (χ0) is 18.7. The van der Waals surface area contributed by atoms with Crippen molar-refractivity contribution < 1.29 is 22.7 Å². The van der Waals surface area contributed by atoms with Crippen LogP contribution in [0.1, 0.15) is 17.6 Å². The predicted octanol–water partition coefficient (Wildman–Crippen LogP) is 1.02. The average Bonchev–Trinajstić information content (AvgIpc) is 3.02. The van der Waals surface area contributed by atoms with Gasteiger partial charge in [0.25, 0.3) is 0 Å². The molecule has 25 heavy (non-hydrogen) atoms. The SMILES string of the molecule is CCNC(=NCC(=O)NCCOC)NCCc1nc(C(F)(F)F)cs1. The molecule has 7 nitrogen and oxygen atoms in total. The Bertz CT molecular complexity index is 563. The molecule has 0 aliphatic rings. The van der Waals surface area contributed by atoms with Crippen LogP contribution in [0.5, 0.6) is 0 Å². The van der Waals surface area contributed by atoms with E-state index in [0.29, 0.717) is 43.6 Å². The third-order valence-corrected chi connectivity index (χ3v) is 3.74. The third kappa shape index (κ3) is 8.68. The maximum Gasteiger partial charge on any atom is 0.434 e. The molecule has 0 aliphatic carbocycles. The first-order chi connectivity index (χ1) is 11.9. The second-order valence-electron chi connectivity index (χ2n) is 4.84. The summed E-state index contributed by atoms with van der Waals surface area (Å²) in [6.07, 6.45) is -4.10. The van der Waals surface area contributed by atoms with Crippen LogP contribution in [0.25, 0.3) is 0 Å². The van der Waals surface area contributed by atoms with E-state index < -0.39 is 11.9 Å². The standard InChI is InChI=1S/C14H22F3N5O2S/c1-3-18-13(21-8-11(23)19-6-7-24-2)20-5-4-12-22-10(9-25-12)14(15,16)17/h9H,3-8H2,1-2H3,(H,19,23)(H2,18,20,21). The highest BCUT2D eigenvalue weighted by Gasteiger charge is 2.33. The number of carbonyl (C=O) groups excluding carboxylic acids is 1. The number of ether oxygens (including phenoxy) is 1. The number of guanidine groups is 1. The van der Waals surface area contributed by atoms with Gasteiger partial charge in [-0.2, -0.15) is 13.2 Å². The molecule has 1 amide bonds. The van der Waals surface area contributed by atoms with Gasteiger partial charge in [0.2, 0.25) is 5.91 Å². The largest absolute Gasteiger partial charge is 0.434 e. The molecule has 1 aromatic heterocycles.